The van der Waals surface area contributed by atoms with Crippen molar-refractivity contribution in [1.29, 1.82) is 0 Å². The molecule has 0 unspecified atom stereocenters. The van der Waals surface area contributed by atoms with Gasteiger partial charge in [-0.05, 0) is 104 Å². The second kappa shape index (κ2) is 10.3. The van der Waals surface area contributed by atoms with Crippen LogP contribution in [0.1, 0.15) is 88.8 Å². The molecular weight excluding hydrogens is 533 g/mol. The van der Waals surface area contributed by atoms with Gasteiger partial charge in [-0.3, -0.25) is 0 Å². The van der Waals surface area contributed by atoms with Gasteiger partial charge in [-0.1, -0.05) is 151 Å². The van der Waals surface area contributed by atoms with Gasteiger partial charge in [0.15, 0.2) is 0 Å². The molecule has 0 saturated carbocycles. The summed E-state index contributed by atoms with van der Waals surface area (Å²) in [5.74, 6) is 0. The molecule has 2 aliphatic rings. The van der Waals surface area contributed by atoms with Gasteiger partial charge in [0.1, 0.15) is 8.07 Å². The van der Waals surface area contributed by atoms with Gasteiger partial charge in [-0.15, -0.1) is 0 Å². The van der Waals surface area contributed by atoms with Crippen molar-refractivity contribution in [3.05, 3.63) is 129 Å². The van der Waals surface area contributed by atoms with Crippen molar-refractivity contribution < 1.29 is 0 Å². The summed E-state index contributed by atoms with van der Waals surface area (Å²) >= 11 is 0. The second-order valence-electron chi connectivity index (χ2n) is 15.6. The molecule has 2 aliphatic carbocycles. The normalized spacial score (nSPS) is 15.3. The molecule has 0 fully saturated rings. The van der Waals surface area contributed by atoms with Crippen LogP contribution in [-0.4, -0.2) is 8.07 Å². The minimum absolute atomic E-state index is 0.151. The Bertz CT molecular complexity index is 1640. The van der Waals surface area contributed by atoms with E-state index in [1.165, 1.54) is 55.6 Å². The zero-order valence-electron chi connectivity index (χ0n) is 28.0. The predicted octanol–water partition coefficient (Wildman–Crippen LogP) is 11.8. The highest BCUT2D eigenvalue weighted by Gasteiger charge is 2.42. The van der Waals surface area contributed by atoms with E-state index in [2.05, 4.69) is 153 Å². The number of rotatable bonds is 4. The number of allylic oxidation sites excluding steroid dienone is 2. The van der Waals surface area contributed by atoms with Crippen LogP contribution in [0, 0.1) is 0 Å². The summed E-state index contributed by atoms with van der Waals surface area (Å²) in [4.78, 5) is 0. The monoisotopic (exact) mass is 580 g/mol. The van der Waals surface area contributed by atoms with Crippen molar-refractivity contribution in [2.24, 2.45) is 0 Å². The van der Waals surface area contributed by atoms with Gasteiger partial charge in [0.25, 0.3) is 0 Å². The maximum absolute atomic E-state index is 2.62. The van der Waals surface area contributed by atoms with E-state index in [0.717, 1.165) is 12.8 Å². The Labute approximate surface area is 261 Å². The first-order valence-corrected chi connectivity index (χ1v) is 19.0. The van der Waals surface area contributed by atoms with Crippen LogP contribution < -0.4 is 0 Å². The lowest BCUT2D eigenvalue weighted by Crippen LogP contribution is -2.31. The molecule has 1 heteroatoms. The van der Waals surface area contributed by atoms with Gasteiger partial charge in [0.05, 0.1) is 0 Å². The van der Waals surface area contributed by atoms with E-state index in [0.29, 0.717) is 0 Å². The second-order valence-corrected chi connectivity index (χ2v) is 19.9. The Kier molecular flexibility index (Phi) is 7.13. The Balaban J connectivity index is 1.48. The first-order chi connectivity index (χ1) is 20.2. The zero-order valence-corrected chi connectivity index (χ0v) is 29.0. The van der Waals surface area contributed by atoms with Crippen molar-refractivity contribution in [3.8, 4) is 22.3 Å². The molecule has 220 valence electrons. The summed E-state index contributed by atoms with van der Waals surface area (Å²) in [7, 11) is -2.12. The first kappa shape index (κ1) is 29.6. The molecule has 0 nitrogen and oxygen atoms in total. The third kappa shape index (κ3) is 5.10. The number of fused-ring (bicyclic) bond motifs is 2. The standard InChI is InChI=1S/C42H48Si/c1-27-25-31-13-11-15-35(29-17-21-33(22-18-29)41(3,4)5)37(31)39(27)43(9,10)40-28(2)26-32-14-12-16-36(38(32)40)30-19-23-34(24-20-30)42(6,7)8/h11-24H,25-26H2,1-10H3. The highest BCUT2D eigenvalue weighted by molar-refractivity contribution is 7.09. The molecule has 0 heterocycles. The van der Waals surface area contributed by atoms with Crippen molar-refractivity contribution in [2.45, 2.75) is 92.2 Å². The molecular formula is C42H48Si. The van der Waals surface area contributed by atoms with Crippen LogP contribution >= 0.6 is 0 Å². The fourth-order valence-electron chi connectivity index (χ4n) is 7.86. The Morgan fingerprint density at radius 1 is 0.488 bits per heavy atom. The number of hydrogen-bond acceptors (Lipinski definition) is 0. The van der Waals surface area contributed by atoms with E-state index >= 15 is 0 Å². The number of hydrogen-bond donors (Lipinski definition) is 0. The van der Waals surface area contributed by atoms with Crippen LogP contribution in [0.5, 0.6) is 0 Å². The third-order valence-electron chi connectivity index (χ3n) is 9.94. The van der Waals surface area contributed by atoms with Crippen LogP contribution in [-0.2, 0) is 23.7 Å². The SMILES string of the molecule is CC1=C([Si](C)(C)C2=C(C)Cc3cccc(-c4ccc(C(C)(C)C)cc4)c32)c2c(cccc2-c2ccc(C(C)(C)C)cc2)C1. The fraction of sp³-hybridized carbons (Fsp3) is 0.333. The van der Waals surface area contributed by atoms with Crippen LogP contribution in [0.25, 0.3) is 32.6 Å². The molecule has 4 aromatic rings. The molecule has 4 aromatic carbocycles. The average molecular weight is 581 g/mol. The van der Waals surface area contributed by atoms with Crippen molar-refractivity contribution >= 4 is 18.5 Å². The fourth-order valence-corrected chi connectivity index (χ4v) is 12.3. The molecule has 0 aliphatic heterocycles. The minimum Gasteiger partial charge on any atom is -0.0686 e. The molecule has 6 rings (SSSR count). The Morgan fingerprint density at radius 3 is 1.16 bits per heavy atom. The molecule has 43 heavy (non-hydrogen) atoms. The van der Waals surface area contributed by atoms with Gasteiger partial charge in [-0.25, -0.2) is 0 Å². The van der Waals surface area contributed by atoms with Gasteiger partial charge >= 0.3 is 0 Å². The van der Waals surface area contributed by atoms with E-state index in [4.69, 9.17) is 0 Å². The molecule has 0 radical (unpaired) electrons. The lowest BCUT2D eigenvalue weighted by molar-refractivity contribution is 0.590. The number of benzene rings is 4. The van der Waals surface area contributed by atoms with Gasteiger partial charge in [0, 0.05) is 0 Å². The van der Waals surface area contributed by atoms with E-state index < -0.39 is 8.07 Å². The molecule has 0 spiro atoms. The molecule has 0 saturated heterocycles. The molecule has 0 amide bonds. The van der Waals surface area contributed by atoms with Gasteiger partial charge in [0.2, 0.25) is 0 Å². The van der Waals surface area contributed by atoms with E-state index in [-0.39, 0.29) is 10.8 Å². The topological polar surface area (TPSA) is 0 Å². The van der Waals surface area contributed by atoms with Crippen molar-refractivity contribution in [3.63, 3.8) is 0 Å². The minimum atomic E-state index is -2.12. The third-order valence-corrected chi connectivity index (χ3v) is 13.8. The van der Waals surface area contributed by atoms with Gasteiger partial charge < -0.3 is 0 Å². The highest BCUT2D eigenvalue weighted by atomic mass is 28.3. The molecule has 0 atom stereocenters. The van der Waals surface area contributed by atoms with Crippen LogP contribution in [0.15, 0.2) is 96.1 Å². The summed E-state index contributed by atoms with van der Waals surface area (Å²) in [6.45, 7) is 23.8. The Morgan fingerprint density at radius 2 is 0.837 bits per heavy atom. The summed E-state index contributed by atoms with van der Waals surface area (Å²) in [6.07, 6.45) is 2.12. The smallest absolute Gasteiger partial charge is 0.0686 e. The first-order valence-electron chi connectivity index (χ1n) is 16.0. The van der Waals surface area contributed by atoms with E-state index in [1.54, 1.807) is 21.5 Å². The van der Waals surface area contributed by atoms with E-state index in [9.17, 15) is 0 Å². The molecule has 0 bridgehead atoms. The lowest BCUT2D eigenvalue weighted by atomic mass is 9.86. The van der Waals surface area contributed by atoms with Crippen molar-refractivity contribution in [2.75, 3.05) is 0 Å². The van der Waals surface area contributed by atoms with Crippen LogP contribution in [0.3, 0.4) is 0 Å². The zero-order chi connectivity index (χ0) is 30.9. The summed E-state index contributed by atoms with van der Waals surface area (Å²) < 4.78 is 0. The van der Waals surface area contributed by atoms with Crippen molar-refractivity contribution in [1.82, 2.24) is 0 Å². The maximum atomic E-state index is 2.62. The summed E-state index contributed by atoms with van der Waals surface area (Å²) in [5, 5.41) is 3.30. The lowest BCUT2D eigenvalue weighted by Gasteiger charge is -2.32. The van der Waals surface area contributed by atoms with Crippen LogP contribution in [0.4, 0.5) is 0 Å². The summed E-state index contributed by atoms with van der Waals surface area (Å²) in [6, 6.07) is 32.7. The van der Waals surface area contributed by atoms with Gasteiger partial charge in [-0.2, -0.15) is 0 Å². The quantitative estimate of drug-likeness (QED) is 0.211. The highest BCUT2D eigenvalue weighted by Crippen LogP contribution is 2.52. The maximum Gasteiger partial charge on any atom is 0.113 e. The molecule has 0 aromatic heterocycles. The van der Waals surface area contributed by atoms with E-state index in [1.807, 2.05) is 0 Å². The average Bonchev–Trinajstić information content (AvgIpc) is 3.48. The summed E-state index contributed by atoms with van der Waals surface area (Å²) in [5.41, 5.74) is 17.7. The van der Waals surface area contributed by atoms with Crippen LogP contribution in [0.2, 0.25) is 13.1 Å². The largest absolute Gasteiger partial charge is 0.113 e. The Hall–Kier alpha value is -3.42. The predicted molar refractivity (Wildman–Crippen MR) is 191 cm³/mol. The molecule has 0 N–H and O–H groups in total.